The van der Waals surface area contributed by atoms with Crippen LogP contribution in [0.5, 0.6) is 5.75 Å². The fourth-order valence-corrected chi connectivity index (χ4v) is 2.39. The van der Waals surface area contributed by atoms with E-state index in [2.05, 4.69) is 10.3 Å². The number of thiazole rings is 1. The zero-order valence-corrected chi connectivity index (χ0v) is 11.9. The van der Waals surface area contributed by atoms with E-state index in [0.29, 0.717) is 5.69 Å². The molecule has 112 valence electrons. The lowest BCUT2D eigenvalue weighted by Gasteiger charge is -2.14. The minimum atomic E-state index is -4.60. The Morgan fingerprint density at radius 1 is 1.38 bits per heavy atom. The van der Waals surface area contributed by atoms with Gasteiger partial charge in [0.05, 0.1) is 29.6 Å². The monoisotopic (exact) mass is 316 g/mol. The molecule has 8 heteroatoms. The summed E-state index contributed by atoms with van der Waals surface area (Å²) in [6.07, 6.45) is -4.60. The number of amides is 1. The summed E-state index contributed by atoms with van der Waals surface area (Å²) in [5.41, 5.74) is 0.654. The van der Waals surface area contributed by atoms with Crippen molar-refractivity contribution in [1.82, 2.24) is 4.98 Å². The van der Waals surface area contributed by atoms with Gasteiger partial charge in [-0.05, 0) is 25.1 Å². The molecule has 0 fully saturated rings. The summed E-state index contributed by atoms with van der Waals surface area (Å²) in [6.45, 7) is 1.62. The van der Waals surface area contributed by atoms with Gasteiger partial charge in [-0.3, -0.25) is 4.79 Å². The number of halogens is 3. The number of hydrogen-bond acceptors (Lipinski definition) is 4. The number of hydrogen-bond donors (Lipinski definition) is 1. The molecule has 0 spiro atoms. The van der Waals surface area contributed by atoms with E-state index in [-0.39, 0.29) is 16.3 Å². The van der Waals surface area contributed by atoms with E-state index < -0.39 is 17.6 Å². The van der Waals surface area contributed by atoms with E-state index in [1.807, 2.05) is 0 Å². The maximum atomic E-state index is 13.0. The molecular weight excluding hydrogens is 305 g/mol. The summed E-state index contributed by atoms with van der Waals surface area (Å²) in [7, 11) is 1.27. The smallest absolute Gasteiger partial charge is 0.418 e. The first kappa shape index (κ1) is 15.3. The maximum Gasteiger partial charge on any atom is 0.418 e. The molecule has 1 aromatic carbocycles. The summed E-state index contributed by atoms with van der Waals surface area (Å²) in [5.74, 6) is -0.556. The molecule has 1 N–H and O–H groups in total. The van der Waals surface area contributed by atoms with Crippen LogP contribution < -0.4 is 10.1 Å². The fraction of sp³-hybridized carbons (Fsp3) is 0.231. The van der Waals surface area contributed by atoms with Gasteiger partial charge in [0.2, 0.25) is 0 Å². The number of methoxy groups -OCH3 is 1. The zero-order valence-electron chi connectivity index (χ0n) is 11.1. The standard InChI is InChI=1S/C13H11F3N2O2S/c1-7-11(21-6-17-7)12(19)18-10-4-3-8(20-2)5-9(10)13(14,15)16/h3-6H,1-2H3,(H,18,19). The third-order valence-electron chi connectivity index (χ3n) is 2.73. The number of ether oxygens (including phenoxy) is 1. The molecule has 1 amide bonds. The average molecular weight is 316 g/mol. The van der Waals surface area contributed by atoms with Gasteiger partial charge in [0, 0.05) is 0 Å². The average Bonchev–Trinajstić information content (AvgIpc) is 2.84. The van der Waals surface area contributed by atoms with Crippen molar-refractivity contribution < 1.29 is 22.7 Å². The number of rotatable bonds is 3. The Labute approximate surface area is 122 Å². The highest BCUT2D eigenvalue weighted by molar-refractivity contribution is 7.12. The third-order valence-corrected chi connectivity index (χ3v) is 3.66. The number of alkyl halides is 3. The van der Waals surface area contributed by atoms with Crippen molar-refractivity contribution in [1.29, 1.82) is 0 Å². The summed E-state index contributed by atoms with van der Waals surface area (Å²) in [6, 6.07) is 3.36. The number of nitrogens with zero attached hydrogens (tertiary/aromatic N) is 1. The van der Waals surface area contributed by atoms with Crippen LogP contribution in [0.25, 0.3) is 0 Å². The second kappa shape index (κ2) is 5.72. The first-order valence-corrected chi connectivity index (χ1v) is 6.67. The van der Waals surface area contributed by atoms with Gasteiger partial charge in [-0.1, -0.05) is 0 Å². The predicted molar refractivity (Wildman–Crippen MR) is 72.8 cm³/mol. The number of carbonyl (C=O) groups is 1. The number of aromatic nitrogens is 1. The van der Waals surface area contributed by atoms with E-state index in [0.717, 1.165) is 23.5 Å². The molecule has 0 aliphatic carbocycles. The van der Waals surface area contributed by atoms with Crippen molar-refractivity contribution in [2.75, 3.05) is 12.4 Å². The van der Waals surface area contributed by atoms with Crippen LogP contribution in [-0.4, -0.2) is 18.0 Å². The molecule has 21 heavy (non-hydrogen) atoms. The molecule has 0 bridgehead atoms. The highest BCUT2D eigenvalue weighted by Crippen LogP contribution is 2.37. The molecule has 0 atom stereocenters. The molecule has 4 nitrogen and oxygen atoms in total. The third kappa shape index (κ3) is 3.33. The lowest BCUT2D eigenvalue weighted by Crippen LogP contribution is -2.16. The first-order chi connectivity index (χ1) is 9.82. The van der Waals surface area contributed by atoms with Crippen molar-refractivity contribution >= 4 is 22.9 Å². The normalized spacial score (nSPS) is 11.3. The van der Waals surface area contributed by atoms with Crippen LogP contribution in [0.3, 0.4) is 0 Å². The molecule has 0 aliphatic heterocycles. The summed E-state index contributed by atoms with van der Waals surface area (Å²) in [4.78, 5) is 16.2. The Morgan fingerprint density at radius 2 is 2.10 bits per heavy atom. The first-order valence-electron chi connectivity index (χ1n) is 5.79. The van der Waals surface area contributed by atoms with Crippen molar-refractivity contribution in [3.63, 3.8) is 0 Å². The number of nitrogens with one attached hydrogen (secondary N) is 1. The Hall–Kier alpha value is -2.09. The van der Waals surface area contributed by atoms with Crippen molar-refractivity contribution in [3.05, 3.63) is 39.8 Å². The van der Waals surface area contributed by atoms with Crippen LogP contribution >= 0.6 is 11.3 Å². The van der Waals surface area contributed by atoms with E-state index in [1.165, 1.54) is 18.7 Å². The Morgan fingerprint density at radius 3 is 2.62 bits per heavy atom. The lowest BCUT2D eigenvalue weighted by molar-refractivity contribution is -0.137. The molecule has 1 aromatic heterocycles. The number of aryl methyl sites for hydroxylation is 1. The van der Waals surface area contributed by atoms with Crippen LogP contribution in [0, 0.1) is 6.92 Å². The molecular formula is C13H11F3N2O2S. The van der Waals surface area contributed by atoms with Crippen LogP contribution in [0.1, 0.15) is 20.9 Å². The highest BCUT2D eigenvalue weighted by atomic mass is 32.1. The van der Waals surface area contributed by atoms with Gasteiger partial charge in [-0.2, -0.15) is 13.2 Å². The van der Waals surface area contributed by atoms with Crippen LogP contribution in [0.2, 0.25) is 0 Å². The summed E-state index contributed by atoms with van der Waals surface area (Å²) in [5, 5.41) is 2.27. The van der Waals surface area contributed by atoms with Gasteiger partial charge >= 0.3 is 6.18 Å². The molecule has 0 saturated heterocycles. The van der Waals surface area contributed by atoms with Gasteiger partial charge in [-0.15, -0.1) is 11.3 Å². The quantitative estimate of drug-likeness (QED) is 0.938. The van der Waals surface area contributed by atoms with E-state index in [4.69, 9.17) is 4.74 Å². The summed E-state index contributed by atoms with van der Waals surface area (Å²) < 4.78 is 43.8. The number of benzene rings is 1. The van der Waals surface area contributed by atoms with Crippen molar-refractivity contribution in [3.8, 4) is 5.75 Å². The molecule has 0 saturated carbocycles. The van der Waals surface area contributed by atoms with Gasteiger partial charge in [-0.25, -0.2) is 4.98 Å². The topological polar surface area (TPSA) is 51.2 Å². The van der Waals surface area contributed by atoms with E-state index >= 15 is 0 Å². The Kier molecular flexibility index (Phi) is 4.17. The maximum absolute atomic E-state index is 13.0. The molecule has 2 aromatic rings. The minimum Gasteiger partial charge on any atom is -0.497 e. The fourth-order valence-electron chi connectivity index (χ4n) is 1.69. The van der Waals surface area contributed by atoms with Gasteiger partial charge in [0.1, 0.15) is 10.6 Å². The van der Waals surface area contributed by atoms with Crippen molar-refractivity contribution in [2.24, 2.45) is 0 Å². The van der Waals surface area contributed by atoms with E-state index in [9.17, 15) is 18.0 Å². The Balaban J connectivity index is 2.36. The van der Waals surface area contributed by atoms with Crippen LogP contribution in [0.4, 0.5) is 18.9 Å². The number of anilines is 1. The predicted octanol–water partition coefficient (Wildman–Crippen LogP) is 3.73. The van der Waals surface area contributed by atoms with Crippen LogP contribution in [0.15, 0.2) is 23.7 Å². The highest BCUT2D eigenvalue weighted by Gasteiger charge is 2.34. The molecule has 0 aliphatic rings. The lowest BCUT2D eigenvalue weighted by atomic mass is 10.1. The second-order valence-corrected chi connectivity index (χ2v) is 4.99. The zero-order chi connectivity index (χ0) is 15.6. The molecule has 1 heterocycles. The van der Waals surface area contributed by atoms with Crippen LogP contribution in [-0.2, 0) is 6.18 Å². The molecule has 0 radical (unpaired) electrons. The van der Waals surface area contributed by atoms with E-state index in [1.54, 1.807) is 6.92 Å². The second-order valence-electron chi connectivity index (χ2n) is 4.13. The Bertz CT molecular complexity index is 668. The largest absolute Gasteiger partial charge is 0.497 e. The molecule has 0 unspecified atom stereocenters. The van der Waals surface area contributed by atoms with Crippen molar-refractivity contribution in [2.45, 2.75) is 13.1 Å². The number of carbonyl (C=O) groups excluding carboxylic acids is 1. The summed E-state index contributed by atoms with van der Waals surface area (Å²) >= 11 is 1.07. The SMILES string of the molecule is COc1ccc(NC(=O)c2scnc2C)c(C(F)(F)F)c1. The van der Waals surface area contributed by atoms with Gasteiger partial charge in [0.15, 0.2) is 0 Å². The molecule has 2 rings (SSSR count). The van der Waals surface area contributed by atoms with Gasteiger partial charge in [0.25, 0.3) is 5.91 Å². The minimum absolute atomic E-state index is 0.0642. The van der Waals surface area contributed by atoms with Gasteiger partial charge < -0.3 is 10.1 Å².